The van der Waals surface area contributed by atoms with Crippen LogP contribution in [0.25, 0.3) is 11.6 Å². The van der Waals surface area contributed by atoms with Gasteiger partial charge in [0.05, 0.1) is 0 Å². The van der Waals surface area contributed by atoms with E-state index in [0.717, 1.165) is 6.42 Å². The Hall–Kier alpha value is -2.34. The zero-order valence-corrected chi connectivity index (χ0v) is 13.4. The molecular formula is C22H22. The Balaban J connectivity index is 2.12. The molecule has 0 aliphatic heterocycles. The zero-order valence-electron chi connectivity index (χ0n) is 13.4. The van der Waals surface area contributed by atoms with E-state index in [1.54, 1.807) is 0 Å². The second-order valence-electron chi connectivity index (χ2n) is 6.17. The summed E-state index contributed by atoms with van der Waals surface area (Å²) in [5.41, 5.74) is 9.02. The molecular weight excluding hydrogens is 264 g/mol. The molecule has 22 heavy (non-hydrogen) atoms. The van der Waals surface area contributed by atoms with Crippen LogP contribution in [-0.2, 0) is 0 Å². The van der Waals surface area contributed by atoms with Crippen LogP contribution in [0.3, 0.4) is 0 Å². The summed E-state index contributed by atoms with van der Waals surface area (Å²) in [6.07, 6.45) is 5.22. The number of hydrogen-bond donors (Lipinski definition) is 0. The summed E-state index contributed by atoms with van der Waals surface area (Å²) in [4.78, 5) is 0. The largest absolute Gasteiger partial charge is 0.103 e. The number of benzene rings is 2. The Morgan fingerprint density at radius 2 is 1.73 bits per heavy atom. The third kappa shape index (κ3) is 2.57. The monoisotopic (exact) mass is 286 g/mol. The van der Waals surface area contributed by atoms with Crippen LogP contribution in [0.1, 0.15) is 40.2 Å². The summed E-state index contributed by atoms with van der Waals surface area (Å²) in [7, 11) is 0. The normalized spacial score (nSPS) is 18.5. The molecule has 3 rings (SSSR count). The minimum absolute atomic E-state index is 0.367. The molecule has 1 aliphatic rings. The Labute approximate surface area is 133 Å². The van der Waals surface area contributed by atoms with Crippen LogP contribution in [0, 0.1) is 13.8 Å². The predicted octanol–water partition coefficient (Wildman–Crippen LogP) is 6.07. The lowest BCUT2D eigenvalue weighted by atomic mass is 9.94. The van der Waals surface area contributed by atoms with Gasteiger partial charge in [-0.25, -0.2) is 0 Å². The summed E-state index contributed by atoms with van der Waals surface area (Å²) in [6.45, 7) is 12.6. The second-order valence-corrected chi connectivity index (χ2v) is 6.17. The van der Waals surface area contributed by atoms with Gasteiger partial charge in [-0.05, 0) is 54.2 Å². The van der Waals surface area contributed by atoms with Gasteiger partial charge >= 0.3 is 0 Å². The Morgan fingerprint density at radius 1 is 1.05 bits per heavy atom. The van der Waals surface area contributed by atoms with Crippen molar-refractivity contribution in [2.75, 3.05) is 0 Å². The molecule has 2 aromatic carbocycles. The van der Waals surface area contributed by atoms with Gasteiger partial charge < -0.3 is 0 Å². The summed E-state index contributed by atoms with van der Waals surface area (Å²) in [6, 6.07) is 15.3. The Kier molecular flexibility index (Phi) is 3.85. The topological polar surface area (TPSA) is 0 Å². The van der Waals surface area contributed by atoms with Gasteiger partial charge in [0.1, 0.15) is 0 Å². The van der Waals surface area contributed by atoms with Gasteiger partial charge in [0, 0.05) is 5.92 Å². The second kappa shape index (κ2) is 5.81. The van der Waals surface area contributed by atoms with Crippen molar-refractivity contribution in [2.45, 2.75) is 26.2 Å². The van der Waals surface area contributed by atoms with Gasteiger partial charge in [-0.1, -0.05) is 66.2 Å². The molecule has 0 spiro atoms. The van der Waals surface area contributed by atoms with E-state index in [0.29, 0.717) is 5.92 Å². The number of hydrogen-bond acceptors (Lipinski definition) is 0. The summed E-state index contributed by atoms with van der Waals surface area (Å²) < 4.78 is 0. The van der Waals surface area contributed by atoms with Crippen molar-refractivity contribution >= 4 is 11.6 Å². The fourth-order valence-corrected chi connectivity index (χ4v) is 3.46. The van der Waals surface area contributed by atoms with Gasteiger partial charge in [-0.3, -0.25) is 0 Å². The molecule has 0 bridgehead atoms. The first-order chi connectivity index (χ1) is 10.6. The molecule has 0 nitrogen and oxygen atoms in total. The number of rotatable bonds is 3. The summed E-state index contributed by atoms with van der Waals surface area (Å²) in [5.74, 6) is 0.367. The molecule has 0 N–H and O–H groups in total. The van der Waals surface area contributed by atoms with E-state index < -0.39 is 0 Å². The molecule has 0 radical (unpaired) electrons. The third-order valence-electron chi connectivity index (χ3n) is 4.35. The first kappa shape index (κ1) is 14.6. The summed E-state index contributed by atoms with van der Waals surface area (Å²) in [5, 5.41) is 0. The molecule has 0 saturated heterocycles. The standard InChI is InChI=1S/C22H22/c1-5-8-19-17(4)22(21-10-7-6-9-20(19)21)14-18-12-15(2)11-16(3)13-18/h5-7,9-14,19H,1,4,8H2,2-3H3. The number of aryl methyl sites for hydroxylation is 2. The smallest absolute Gasteiger partial charge is 0.0130 e. The molecule has 0 heterocycles. The molecule has 1 atom stereocenters. The van der Waals surface area contributed by atoms with Crippen LogP contribution in [0.4, 0.5) is 0 Å². The van der Waals surface area contributed by atoms with Gasteiger partial charge in [0.2, 0.25) is 0 Å². The maximum atomic E-state index is 4.38. The highest BCUT2D eigenvalue weighted by atomic mass is 14.3. The molecule has 0 fully saturated rings. The van der Waals surface area contributed by atoms with E-state index in [-0.39, 0.29) is 0 Å². The van der Waals surface area contributed by atoms with Crippen molar-refractivity contribution in [3.8, 4) is 0 Å². The van der Waals surface area contributed by atoms with Gasteiger partial charge in [0.25, 0.3) is 0 Å². The Bertz CT molecular complexity index is 754. The van der Waals surface area contributed by atoms with Crippen LogP contribution in [0.15, 0.2) is 67.3 Å². The van der Waals surface area contributed by atoms with E-state index in [2.05, 4.69) is 75.5 Å². The van der Waals surface area contributed by atoms with Crippen molar-refractivity contribution in [3.63, 3.8) is 0 Å². The highest BCUT2D eigenvalue weighted by Gasteiger charge is 2.28. The first-order valence-corrected chi connectivity index (χ1v) is 7.79. The average Bonchev–Trinajstić information content (AvgIpc) is 2.73. The fraction of sp³-hybridized carbons (Fsp3) is 0.182. The van der Waals surface area contributed by atoms with E-state index in [1.807, 2.05) is 6.08 Å². The van der Waals surface area contributed by atoms with E-state index in [1.165, 1.54) is 39.0 Å². The van der Waals surface area contributed by atoms with Crippen molar-refractivity contribution < 1.29 is 0 Å². The molecule has 0 amide bonds. The van der Waals surface area contributed by atoms with Crippen LogP contribution >= 0.6 is 0 Å². The van der Waals surface area contributed by atoms with Crippen LogP contribution in [0.2, 0.25) is 0 Å². The lowest BCUT2D eigenvalue weighted by Crippen LogP contribution is -1.93. The van der Waals surface area contributed by atoms with Crippen LogP contribution in [0.5, 0.6) is 0 Å². The highest BCUT2D eigenvalue weighted by Crippen LogP contribution is 2.47. The minimum Gasteiger partial charge on any atom is -0.103 e. The zero-order chi connectivity index (χ0) is 15.7. The van der Waals surface area contributed by atoms with Crippen molar-refractivity contribution in [1.29, 1.82) is 0 Å². The maximum absolute atomic E-state index is 4.38. The Morgan fingerprint density at radius 3 is 2.41 bits per heavy atom. The molecule has 1 aliphatic carbocycles. The lowest BCUT2D eigenvalue weighted by Gasteiger charge is -2.09. The van der Waals surface area contributed by atoms with E-state index in [4.69, 9.17) is 0 Å². The van der Waals surface area contributed by atoms with Gasteiger partial charge in [-0.15, -0.1) is 6.58 Å². The molecule has 1 unspecified atom stereocenters. The fourth-order valence-electron chi connectivity index (χ4n) is 3.46. The maximum Gasteiger partial charge on any atom is 0.0130 e. The molecule has 110 valence electrons. The predicted molar refractivity (Wildman–Crippen MR) is 96.9 cm³/mol. The van der Waals surface area contributed by atoms with Crippen molar-refractivity contribution in [3.05, 3.63) is 95.1 Å². The van der Waals surface area contributed by atoms with Crippen LogP contribution < -0.4 is 0 Å². The number of allylic oxidation sites excluding steroid dienone is 3. The SMILES string of the molecule is C=CCC1C(=C)C(=Cc2cc(C)cc(C)c2)c2ccccc21. The summed E-state index contributed by atoms with van der Waals surface area (Å²) >= 11 is 0. The number of fused-ring (bicyclic) bond motifs is 1. The first-order valence-electron chi connectivity index (χ1n) is 7.79. The third-order valence-corrected chi connectivity index (χ3v) is 4.35. The van der Waals surface area contributed by atoms with Gasteiger partial charge in [0.15, 0.2) is 0 Å². The molecule has 0 saturated carbocycles. The average molecular weight is 286 g/mol. The van der Waals surface area contributed by atoms with Crippen molar-refractivity contribution in [1.82, 2.24) is 0 Å². The quantitative estimate of drug-likeness (QED) is 0.600. The van der Waals surface area contributed by atoms with E-state index in [9.17, 15) is 0 Å². The van der Waals surface area contributed by atoms with Crippen LogP contribution in [-0.4, -0.2) is 0 Å². The molecule has 0 heteroatoms. The van der Waals surface area contributed by atoms with Gasteiger partial charge in [-0.2, -0.15) is 0 Å². The highest BCUT2D eigenvalue weighted by molar-refractivity contribution is 5.96. The molecule has 2 aromatic rings. The lowest BCUT2D eigenvalue weighted by molar-refractivity contribution is 0.860. The van der Waals surface area contributed by atoms with Crippen molar-refractivity contribution in [2.24, 2.45) is 0 Å². The van der Waals surface area contributed by atoms with E-state index >= 15 is 0 Å². The minimum atomic E-state index is 0.367. The molecule has 0 aromatic heterocycles.